The molecule has 0 spiro atoms. The van der Waals surface area contributed by atoms with Gasteiger partial charge in [0.2, 0.25) is 0 Å². The van der Waals surface area contributed by atoms with E-state index in [1.54, 1.807) is 7.05 Å². The van der Waals surface area contributed by atoms with Gasteiger partial charge in [-0.1, -0.05) is 25.4 Å². The first-order valence-corrected chi connectivity index (χ1v) is 6.54. The quantitative estimate of drug-likeness (QED) is 0.673. The maximum absolute atomic E-state index is 5.98. The van der Waals surface area contributed by atoms with Gasteiger partial charge >= 0.3 is 0 Å². The summed E-state index contributed by atoms with van der Waals surface area (Å²) < 4.78 is 2.04. The molecule has 102 valence electrons. The van der Waals surface area contributed by atoms with Gasteiger partial charge in [0.15, 0.2) is 5.96 Å². The Hall–Kier alpha value is -1.16. The molecule has 0 aliphatic rings. The van der Waals surface area contributed by atoms with Crippen LogP contribution in [0.5, 0.6) is 0 Å². The number of halogens is 1. The molecule has 0 fully saturated rings. The van der Waals surface area contributed by atoms with E-state index in [9.17, 15) is 0 Å². The van der Waals surface area contributed by atoms with Crippen LogP contribution in [0.25, 0.3) is 0 Å². The lowest BCUT2D eigenvalue weighted by molar-refractivity contribution is 0.454. The lowest BCUT2D eigenvalue weighted by Crippen LogP contribution is -2.40. The number of nitrogens with zero attached hydrogens (tertiary/aromatic N) is 3. The van der Waals surface area contributed by atoms with E-state index < -0.39 is 0 Å². The molecule has 0 saturated carbocycles. The Labute approximate surface area is 115 Å². The van der Waals surface area contributed by atoms with Crippen LogP contribution in [0, 0.1) is 5.92 Å². The molecule has 0 amide bonds. The minimum Gasteiger partial charge on any atom is -0.356 e. The van der Waals surface area contributed by atoms with Crippen LogP contribution in [-0.2, 0) is 13.6 Å². The Morgan fingerprint density at radius 3 is 2.67 bits per heavy atom. The predicted molar refractivity (Wildman–Crippen MR) is 78.1 cm³/mol. The molecule has 0 aliphatic carbocycles. The minimum absolute atomic E-state index is 0.597. The van der Waals surface area contributed by atoms with Gasteiger partial charge in [-0.15, -0.1) is 0 Å². The Balaban J connectivity index is 2.63. The molecule has 1 N–H and O–H groups in total. The number of hydrogen-bond acceptors (Lipinski definition) is 1. The van der Waals surface area contributed by atoms with Gasteiger partial charge in [0.25, 0.3) is 0 Å². The maximum Gasteiger partial charge on any atom is 0.193 e. The molecular weight excluding hydrogens is 248 g/mol. The molecule has 18 heavy (non-hydrogen) atoms. The highest BCUT2D eigenvalue weighted by Gasteiger charge is 2.09. The molecule has 1 aromatic heterocycles. The van der Waals surface area contributed by atoms with Crippen molar-refractivity contribution in [3.8, 4) is 0 Å². The van der Waals surface area contributed by atoms with Gasteiger partial charge in [0.05, 0.1) is 11.6 Å². The van der Waals surface area contributed by atoms with Crippen molar-refractivity contribution in [2.45, 2.75) is 20.4 Å². The molecule has 0 unspecified atom stereocenters. The van der Waals surface area contributed by atoms with E-state index in [1.807, 2.05) is 30.9 Å². The standard InChI is InChI=1S/C13H23ClN4/c1-10(2)7-16-13(15-3)18(5)9-12-6-11(14)8-17(12)4/h6,8,10H,7,9H2,1-5H3,(H,15,16). The summed E-state index contributed by atoms with van der Waals surface area (Å²) in [4.78, 5) is 6.37. The first-order valence-electron chi connectivity index (χ1n) is 6.16. The van der Waals surface area contributed by atoms with Crippen LogP contribution in [0.15, 0.2) is 17.3 Å². The first kappa shape index (κ1) is 14.9. The lowest BCUT2D eigenvalue weighted by atomic mass is 10.2. The molecule has 5 heteroatoms. The topological polar surface area (TPSA) is 32.6 Å². The van der Waals surface area contributed by atoms with Crippen molar-refractivity contribution < 1.29 is 0 Å². The van der Waals surface area contributed by atoms with Crippen molar-refractivity contribution in [3.63, 3.8) is 0 Å². The Morgan fingerprint density at radius 2 is 2.22 bits per heavy atom. The normalized spacial score (nSPS) is 12.1. The Bertz CT molecular complexity index is 409. The van der Waals surface area contributed by atoms with E-state index in [-0.39, 0.29) is 0 Å². The predicted octanol–water partition coefficient (Wildman–Crippen LogP) is 2.34. The third kappa shape index (κ3) is 4.26. The van der Waals surface area contributed by atoms with Crippen LogP contribution in [-0.4, -0.2) is 36.1 Å². The zero-order valence-corrected chi connectivity index (χ0v) is 12.6. The molecule has 1 aromatic rings. The summed E-state index contributed by atoms with van der Waals surface area (Å²) in [5.41, 5.74) is 1.16. The van der Waals surface area contributed by atoms with Crippen LogP contribution in [0.4, 0.5) is 0 Å². The van der Waals surface area contributed by atoms with Gasteiger partial charge < -0.3 is 14.8 Å². The van der Waals surface area contributed by atoms with Gasteiger partial charge in [0.1, 0.15) is 0 Å². The third-order valence-corrected chi connectivity index (χ3v) is 2.92. The fourth-order valence-corrected chi connectivity index (χ4v) is 1.99. The fourth-order valence-electron chi connectivity index (χ4n) is 1.72. The van der Waals surface area contributed by atoms with Crippen LogP contribution >= 0.6 is 11.6 Å². The third-order valence-electron chi connectivity index (χ3n) is 2.72. The highest BCUT2D eigenvalue weighted by molar-refractivity contribution is 6.30. The average molecular weight is 271 g/mol. The van der Waals surface area contributed by atoms with E-state index >= 15 is 0 Å². The molecule has 0 atom stereocenters. The maximum atomic E-state index is 5.98. The second-order valence-corrected chi connectivity index (χ2v) is 5.38. The number of rotatable bonds is 4. The SMILES string of the molecule is CN=C(NCC(C)C)N(C)Cc1cc(Cl)cn1C. The van der Waals surface area contributed by atoms with E-state index in [0.29, 0.717) is 5.92 Å². The molecule has 0 aliphatic heterocycles. The van der Waals surface area contributed by atoms with Crippen molar-refractivity contribution in [1.29, 1.82) is 0 Å². The van der Waals surface area contributed by atoms with E-state index in [1.165, 1.54) is 0 Å². The summed E-state index contributed by atoms with van der Waals surface area (Å²) in [5.74, 6) is 1.50. The van der Waals surface area contributed by atoms with E-state index in [4.69, 9.17) is 11.6 Å². The van der Waals surface area contributed by atoms with Gasteiger partial charge in [0, 0.05) is 39.6 Å². The van der Waals surface area contributed by atoms with Crippen molar-refractivity contribution in [2.75, 3.05) is 20.6 Å². The van der Waals surface area contributed by atoms with Crippen molar-refractivity contribution in [1.82, 2.24) is 14.8 Å². The number of aryl methyl sites for hydroxylation is 1. The summed E-state index contributed by atoms with van der Waals surface area (Å²) in [5, 5.41) is 4.12. The second kappa shape index (κ2) is 6.69. The van der Waals surface area contributed by atoms with Gasteiger partial charge in [-0.05, 0) is 12.0 Å². The summed E-state index contributed by atoms with van der Waals surface area (Å²) in [6.07, 6.45) is 1.91. The summed E-state index contributed by atoms with van der Waals surface area (Å²) in [6, 6.07) is 1.98. The summed E-state index contributed by atoms with van der Waals surface area (Å²) >= 11 is 5.98. The van der Waals surface area contributed by atoms with Crippen molar-refractivity contribution in [3.05, 3.63) is 23.0 Å². The molecule has 1 heterocycles. The number of aliphatic imine (C=N–C) groups is 1. The molecule has 1 rings (SSSR count). The summed E-state index contributed by atoms with van der Waals surface area (Å²) in [6.45, 7) is 6.06. The summed E-state index contributed by atoms with van der Waals surface area (Å²) in [7, 11) is 5.83. The Morgan fingerprint density at radius 1 is 1.56 bits per heavy atom. The highest BCUT2D eigenvalue weighted by Crippen LogP contribution is 2.14. The van der Waals surface area contributed by atoms with Gasteiger partial charge in [-0.25, -0.2) is 0 Å². The molecule has 0 saturated heterocycles. The number of guanidine groups is 1. The minimum atomic E-state index is 0.597. The van der Waals surface area contributed by atoms with Gasteiger partial charge in [-0.3, -0.25) is 4.99 Å². The zero-order valence-electron chi connectivity index (χ0n) is 11.9. The van der Waals surface area contributed by atoms with Crippen LogP contribution < -0.4 is 5.32 Å². The van der Waals surface area contributed by atoms with E-state index in [2.05, 4.69) is 29.1 Å². The van der Waals surface area contributed by atoms with Crippen molar-refractivity contribution >= 4 is 17.6 Å². The monoisotopic (exact) mass is 270 g/mol. The molecule has 0 bridgehead atoms. The van der Waals surface area contributed by atoms with Crippen molar-refractivity contribution in [2.24, 2.45) is 18.0 Å². The van der Waals surface area contributed by atoms with Crippen LogP contribution in [0.1, 0.15) is 19.5 Å². The molecule has 0 radical (unpaired) electrons. The number of nitrogens with one attached hydrogen (secondary N) is 1. The Kier molecular flexibility index (Phi) is 5.54. The molecule has 0 aromatic carbocycles. The van der Waals surface area contributed by atoms with Crippen LogP contribution in [0.3, 0.4) is 0 Å². The highest BCUT2D eigenvalue weighted by atomic mass is 35.5. The first-order chi connectivity index (χ1) is 8.43. The second-order valence-electron chi connectivity index (χ2n) is 4.94. The fraction of sp³-hybridized carbons (Fsp3) is 0.615. The number of aromatic nitrogens is 1. The zero-order chi connectivity index (χ0) is 13.7. The smallest absolute Gasteiger partial charge is 0.193 e. The largest absolute Gasteiger partial charge is 0.356 e. The average Bonchev–Trinajstić information content (AvgIpc) is 2.57. The molecular formula is C13H23ClN4. The van der Waals surface area contributed by atoms with E-state index in [0.717, 1.165) is 29.8 Å². The van der Waals surface area contributed by atoms with Gasteiger partial charge in [-0.2, -0.15) is 0 Å². The lowest BCUT2D eigenvalue weighted by Gasteiger charge is -2.23. The number of hydrogen-bond donors (Lipinski definition) is 1. The van der Waals surface area contributed by atoms with Crippen LogP contribution in [0.2, 0.25) is 5.02 Å². The molecule has 4 nitrogen and oxygen atoms in total.